The van der Waals surface area contributed by atoms with Crippen LogP contribution in [0.3, 0.4) is 0 Å². The first-order valence-electron chi connectivity index (χ1n) is 2.37. The summed E-state index contributed by atoms with van der Waals surface area (Å²) in [6.45, 7) is 2.11. The first kappa shape index (κ1) is 7.83. The molecule has 42 valence electrons. The molecule has 0 aromatic carbocycles. The van der Waals surface area contributed by atoms with Gasteiger partial charge in [0.2, 0.25) is 0 Å². The third kappa shape index (κ3) is 6.83. The predicted octanol–water partition coefficient (Wildman–Crippen LogP) is 2.96. The van der Waals surface area contributed by atoms with Gasteiger partial charge in [-0.3, -0.25) is 0 Å². The van der Waals surface area contributed by atoms with Gasteiger partial charge in [-0.2, -0.15) is 0 Å². The van der Waals surface area contributed by atoms with Crippen LogP contribution in [0.5, 0.6) is 0 Å². The van der Waals surface area contributed by atoms with Gasteiger partial charge in [0.05, 0.1) is 0 Å². The van der Waals surface area contributed by atoms with Crippen molar-refractivity contribution in [3.05, 3.63) is 0 Å². The molecule has 0 aliphatic heterocycles. The lowest BCUT2D eigenvalue weighted by molar-refractivity contribution is 0.596. The highest BCUT2D eigenvalue weighted by molar-refractivity contribution is 14.2. The van der Waals surface area contributed by atoms with Gasteiger partial charge in [0.15, 0.2) is 6.16 Å². The molecule has 0 radical (unpaired) electrons. The Bertz CT molecular complexity index is 64.7. The van der Waals surface area contributed by atoms with E-state index >= 15 is 0 Å². The van der Waals surface area contributed by atoms with E-state index in [1.54, 1.807) is 0 Å². The van der Waals surface area contributed by atoms with Gasteiger partial charge in [-0.1, -0.05) is 17.9 Å². The van der Waals surface area contributed by atoms with Crippen LogP contribution < -0.4 is 0 Å². The van der Waals surface area contributed by atoms with Crippen molar-refractivity contribution in [2.75, 3.05) is 6.16 Å². The molecule has 1 atom stereocenters. The first-order chi connectivity index (χ1) is 3.27. The minimum atomic E-state index is -0.886. The van der Waals surface area contributed by atoms with Gasteiger partial charge in [-0.05, 0) is 6.42 Å². The Morgan fingerprint density at radius 1 is 1.71 bits per heavy atom. The zero-order chi connectivity index (χ0) is 5.70. The van der Waals surface area contributed by atoms with Crippen LogP contribution >= 0.6 is 27.5 Å². The molecule has 0 saturated heterocycles. The Morgan fingerprint density at radius 3 is 2.43 bits per heavy atom. The summed E-state index contributed by atoms with van der Waals surface area (Å²) in [6, 6.07) is 0. The summed E-state index contributed by atoms with van der Waals surface area (Å²) in [5.74, 6) is 0. The van der Waals surface area contributed by atoms with Crippen molar-refractivity contribution in [3.8, 4) is 0 Å². The molecular formula is C4H9IOP+. The first-order valence-corrected chi connectivity index (χ1v) is 6.61. The fraction of sp³-hybridized carbons (Fsp3) is 1.00. The van der Waals surface area contributed by atoms with Crippen molar-refractivity contribution in [1.29, 1.82) is 0 Å². The second-order valence-corrected chi connectivity index (χ2v) is 5.71. The Morgan fingerprint density at radius 2 is 2.29 bits per heavy atom. The summed E-state index contributed by atoms with van der Waals surface area (Å²) < 4.78 is 10.3. The lowest BCUT2D eigenvalue weighted by Gasteiger charge is -1.75. The monoisotopic (exact) mass is 231 g/mol. The van der Waals surface area contributed by atoms with Crippen LogP contribution in [0.1, 0.15) is 19.8 Å². The van der Waals surface area contributed by atoms with Gasteiger partial charge in [-0.25, -0.2) is 0 Å². The van der Waals surface area contributed by atoms with E-state index in [1.165, 1.54) is 0 Å². The lowest BCUT2D eigenvalue weighted by Crippen LogP contribution is -1.69. The fourth-order valence-corrected chi connectivity index (χ4v) is 1.87. The quantitative estimate of drug-likeness (QED) is 0.539. The average molecular weight is 231 g/mol. The van der Waals surface area contributed by atoms with Crippen LogP contribution in [0, 0.1) is 0 Å². The molecule has 0 bridgehead atoms. The molecule has 7 heavy (non-hydrogen) atoms. The van der Waals surface area contributed by atoms with Crippen LogP contribution in [0.15, 0.2) is 0 Å². The van der Waals surface area contributed by atoms with E-state index in [0.717, 1.165) is 19.0 Å². The van der Waals surface area contributed by atoms with Crippen LogP contribution in [-0.4, -0.2) is 6.16 Å². The summed E-state index contributed by atoms with van der Waals surface area (Å²) in [5.41, 5.74) is -0.886. The van der Waals surface area contributed by atoms with Gasteiger partial charge in [0.25, 0.3) is 22.0 Å². The summed E-state index contributed by atoms with van der Waals surface area (Å²) in [5, 5.41) is 0. The predicted molar refractivity (Wildman–Crippen MR) is 41.4 cm³/mol. The summed E-state index contributed by atoms with van der Waals surface area (Å²) in [7, 11) is 0. The van der Waals surface area contributed by atoms with Gasteiger partial charge >= 0.3 is 5.44 Å². The smallest absolute Gasteiger partial charge is 0.0652 e. The van der Waals surface area contributed by atoms with Crippen molar-refractivity contribution in [3.63, 3.8) is 0 Å². The Kier molecular flexibility index (Phi) is 5.57. The van der Waals surface area contributed by atoms with Crippen molar-refractivity contribution in [1.82, 2.24) is 0 Å². The van der Waals surface area contributed by atoms with Crippen molar-refractivity contribution < 1.29 is 4.57 Å². The summed E-state index contributed by atoms with van der Waals surface area (Å²) in [4.78, 5) is 0. The maximum atomic E-state index is 10.3. The highest BCUT2D eigenvalue weighted by Gasteiger charge is 2.05. The van der Waals surface area contributed by atoms with E-state index in [-0.39, 0.29) is 0 Å². The SMILES string of the molecule is CCCC[P+](=O)I. The Balaban J connectivity index is 2.82. The highest BCUT2D eigenvalue weighted by atomic mass is 127. The third-order valence-electron chi connectivity index (χ3n) is 0.687. The number of halogens is 1. The number of rotatable bonds is 3. The lowest BCUT2D eigenvalue weighted by atomic mass is 10.4. The molecule has 0 rings (SSSR count). The molecule has 0 saturated carbocycles. The van der Waals surface area contributed by atoms with Gasteiger partial charge in [-0.15, -0.1) is 0 Å². The normalized spacial score (nSPS) is 11.4. The van der Waals surface area contributed by atoms with Crippen LogP contribution in [-0.2, 0) is 4.57 Å². The number of hydrogen-bond donors (Lipinski definition) is 0. The molecule has 0 heterocycles. The van der Waals surface area contributed by atoms with E-state index in [9.17, 15) is 4.57 Å². The molecule has 0 amide bonds. The number of hydrogen-bond acceptors (Lipinski definition) is 1. The topological polar surface area (TPSA) is 17.1 Å². The van der Waals surface area contributed by atoms with Gasteiger partial charge < -0.3 is 0 Å². The zero-order valence-corrected chi connectivity index (χ0v) is 7.41. The Labute approximate surface area is 58.1 Å². The fourth-order valence-electron chi connectivity index (χ4n) is 0.282. The van der Waals surface area contributed by atoms with E-state index < -0.39 is 5.44 Å². The largest absolute Gasteiger partial charge is 0.404 e. The molecule has 1 unspecified atom stereocenters. The maximum Gasteiger partial charge on any atom is 0.404 e. The van der Waals surface area contributed by atoms with E-state index in [1.807, 2.05) is 22.0 Å². The van der Waals surface area contributed by atoms with Crippen LogP contribution in [0.4, 0.5) is 0 Å². The number of unbranched alkanes of at least 4 members (excludes halogenated alkanes) is 1. The molecule has 0 aromatic rings. The highest BCUT2D eigenvalue weighted by Crippen LogP contribution is 2.31. The molecule has 0 N–H and O–H groups in total. The van der Waals surface area contributed by atoms with E-state index in [2.05, 4.69) is 6.92 Å². The molecule has 1 nitrogen and oxygen atoms in total. The molecule has 0 aromatic heterocycles. The zero-order valence-electron chi connectivity index (χ0n) is 4.35. The van der Waals surface area contributed by atoms with Gasteiger partial charge in [0.1, 0.15) is 0 Å². The maximum absolute atomic E-state index is 10.3. The molecule has 0 fully saturated rings. The standard InChI is InChI=1S/C4H9IOP/c1-2-3-4-7(5)6/h2-4H2,1H3/q+1. The summed E-state index contributed by atoms with van der Waals surface area (Å²) >= 11 is 1.98. The minimum Gasteiger partial charge on any atom is -0.0652 e. The molecule has 0 spiro atoms. The van der Waals surface area contributed by atoms with Crippen LogP contribution in [0.2, 0.25) is 0 Å². The van der Waals surface area contributed by atoms with Crippen molar-refractivity contribution in [2.45, 2.75) is 19.8 Å². The molecule has 0 aliphatic rings. The third-order valence-corrected chi connectivity index (χ3v) is 2.80. The van der Waals surface area contributed by atoms with Crippen molar-refractivity contribution >= 4 is 27.5 Å². The van der Waals surface area contributed by atoms with Crippen LogP contribution in [0.25, 0.3) is 0 Å². The average Bonchev–Trinajstić information content (AvgIpc) is 1.61. The Hall–Kier alpha value is 0.830. The molecule has 0 aliphatic carbocycles. The van der Waals surface area contributed by atoms with E-state index in [4.69, 9.17) is 0 Å². The molecule has 3 heteroatoms. The summed E-state index contributed by atoms with van der Waals surface area (Å²) in [6.07, 6.45) is 3.16. The second kappa shape index (κ2) is 4.98. The van der Waals surface area contributed by atoms with E-state index in [0.29, 0.717) is 0 Å². The van der Waals surface area contributed by atoms with Gasteiger partial charge in [0, 0.05) is 0 Å². The van der Waals surface area contributed by atoms with Crippen molar-refractivity contribution in [2.24, 2.45) is 0 Å². The second-order valence-electron chi connectivity index (χ2n) is 1.39. The minimum absolute atomic E-state index is 0.886. The molecular weight excluding hydrogens is 222 g/mol.